The van der Waals surface area contributed by atoms with Crippen molar-refractivity contribution < 1.29 is 99.5 Å². The average molecular weight is 1200 g/mol. The van der Waals surface area contributed by atoms with Gasteiger partial charge in [-0.25, -0.2) is 20.0 Å². The molecule has 0 aromatic carbocycles. The van der Waals surface area contributed by atoms with Crippen LogP contribution in [0.2, 0.25) is 0 Å². The van der Waals surface area contributed by atoms with E-state index in [-0.39, 0.29) is 26.1 Å². The quantitative estimate of drug-likeness (QED) is 0.0229. The summed E-state index contributed by atoms with van der Waals surface area (Å²) in [5, 5.41) is 157. The summed E-state index contributed by atoms with van der Waals surface area (Å²) in [6.07, 6.45) is -28.3. The first-order valence-electron chi connectivity index (χ1n) is 27.6. The maximum Gasteiger partial charge on any atom is 0.188 e. The van der Waals surface area contributed by atoms with Gasteiger partial charge < -0.3 is 167 Å². The van der Waals surface area contributed by atoms with E-state index in [1.165, 1.54) is 14.0 Å². The molecule has 0 aromatic rings. The molecule has 0 amide bonds. The van der Waals surface area contributed by atoms with Crippen molar-refractivity contribution in [1.29, 1.82) is 0 Å². The fraction of sp³-hybridized carbons (Fsp3) is 0.915. The van der Waals surface area contributed by atoms with Gasteiger partial charge in [0.15, 0.2) is 48.4 Å². The molecule has 0 bridgehead atoms. The molecule has 36 nitrogen and oxygen atoms in total. The van der Waals surface area contributed by atoms with Crippen LogP contribution in [0.1, 0.15) is 39.5 Å². The van der Waals surface area contributed by atoms with Gasteiger partial charge in [0.05, 0.1) is 55.3 Å². The Balaban J connectivity index is 1.15. The SMILES string of the molecule is CNC1[C@H](OC2[C@H](O[C@@H]3C(O)[C@H](O)C(N=C(N)N)C(O)[C@@H]3N=C(N)N)O[C@H](C)[C@@]2(O)CNCCCCNC[C@@H]2C(O[C@@H]3CC(CO)[C@H](O)[C@H](O)C3NC)[C@H](O[C@H]3CC(O)(N=C(N)N)C(N=C(N)N)[C@@H](O)C3O)O[C@@H]2C)OC(CO)[C@H](O)[C@@H]1O. The van der Waals surface area contributed by atoms with Crippen molar-refractivity contribution in [3.63, 3.8) is 0 Å². The van der Waals surface area contributed by atoms with Gasteiger partial charge in [-0.1, -0.05) is 0 Å². The maximum absolute atomic E-state index is 12.6. The van der Waals surface area contributed by atoms with Gasteiger partial charge in [0.25, 0.3) is 0 Å². The first-order chi connectivity index (χ1) is 39.1. The molecule has 6 aliphatic rings. The van der Waals surface area contributed by atoms with Gasteiger partial charge >= 0.3 is 0 Å². The molecule has 12 unspecified atom stereocenters. The van der Waals surface area contributed by atoms with E-state index in [4.69, 9.17) is 79.0 Å². The normalized spacial score (nSPS) is 45.6. The number of ether oxygens (including phenoxy) is 7. The third kappa shape index (κ3) is 15.3. The number of likely N-dealkylation sites (N-methyl/N-ethyl adjacent to an activating group) is 2. The molecule has 6 rings (SSSR count). The minimum Gasteiger partial charge on any atom is -0.396 e. The Morgan fingerprint density at radius 2 is 1.18 bits per heavy atom. The van der Waals surface area contributed by atoms with Crippen molar-refractivity contribution in [2.45, 2.75) is 204 Å². The lowest BCUT2D eigenvalue weighted by Gasteiger charge is -2.46. The summed E-state index contributed by atoms with van der Waals surface area (Å²) in [6, 6.07) is -6.67. The van der Waals surface area contributed by atoms with Crippen LogP contribution in [0.5, 0.6) is 0 Å². The highest BCUT2D eigenvalue weighted by Crippen LogP contribution is 2.42. The molecule has 3 saturated carbocycles. The number of aliphatic hydroxyl groups excluding tert-OH is 11. The van der Waals surface area contributed by atoms with Crippen LogP contribution >= 0.6 is 0 Å². The molecule has 3 heterocycles. The average Bonchev–Trinajstić information content (AvgIpc) is 4.12. The number of aliphatic hydroxyl groups is 13. The Bertz CT molecular complexity index is 2180. The number of aliphatic imine (C=N–C) groups is 4. The van der Waals surface area contributed by atoms with E-state index in [0.29, 0.717) is 19.4 Å². The number of rotatable bonds is 25. The second-order valence-electron chi connectivity index (χ2n) is 22.2. The lowest BCUT2D eigenvalue weighted by atomic mass is 9.79. The molecule has 3 saturated heterocycles. The number of nitrogens with zero attached hydrogens (tertiary/aromatic N) is 4. The number of hydrogen-bond acceptors (Lipinski definition) is 28. The predicted octanol–water partition coefficient (Wildman–Crippen LogP) is -13.8. The molecule has 480 valence electrons. The Hall–Kier alpha value is -3.88. The van der Waals surface area contributed by atoms with E-state index in [1.54, 1.807) is 14.0 Å². The molecule has 83 heavy (non-hydrogen) atoms. The fourth-order valence-corrected chi connectivity index (χ4v) is 12.0. The zero-order chi connectivity index (χ0) is 61.6. The van der Waals surface area contributed by atoms with Crippen LogP contribution in [0.25, 0.3) is 0 Å². The van der Waals surface area contributed by atoms with E-state index in [9.17, 15) is 66.4 Å². The van der Waals surface area contributed by atoms with Gasteiger partial charge in [-0.15, -0.1) is 0 Å². The Morgan fingerprint density at radius 3 is 1.77 bits per heavy atom. The summed E-state index contributed by atoms with van der Waals surface area (Å²) in [4.78, 5) is 15.7. The topological polar surface area (TPSA) is 633 Å². The molecular weight excluding hydrogens is 1110 g/mol. The van der Waals surface area contributed by atoms with E-state index in [1.807, 2.05) is 0 Å². The van der Waals surface area contributed by atoms with Gasteiger partial charge in [-0.2, -0.15) is 0 Å². The van der Waals surface area contributed by atoms with Crippen LogP contribution in [0, 0.1) is 11.8 Å². The van der Waals surface area contributed by atoms with Crippen molar-refractivity contribution in [2.75, 3.05) is 53.5 Å². The minimum absolute atomic E-state index is 0.100. The lowest BCUT2D eigenvalue weighted by molar-refractivity contribution is -0.316. The largest absolute Gasteiger partial charge is 0.396 e. The third-order valence-corrected chi connectivity index (χ3v) is 16.6. The highest BCUT2D eigenvalue weighted by Gasteiger charge is 2.61. The van der Waals surface area contributed by atoms with Crippen LogP contribution < -0.4 is 67.1 Å². The van der Waals surface area contributed by atoms with Gasteiger partial charge in [-0.3, -0.25) is 0 Å². The van der Waals surface area contributed by atoms with Crippen molar-refractivity contribution in [2.24, 2.45) is 77.7 Å². The third-order valence-electron chi connectivity index (χ3n) is 16.6. The van der Waals surface area contributed by atoms with E-state index in [0.717, 1.165) is 0 Å². The zero-order valence-electron chi connectivity index (χ0n) is 46.7. The predicted molar refractivity (Wildman–Crippen MR) is 290 cm³/mol. The first-order valence-corrected chi connectivity index (χ1v) is 27.6. The van der Waals surface area contributed by atoms with Crippen molar-refractivity contribution >= 4 is 23.8 Å². The summed E-state index contributed by atoms with van der Waals surface area (Å²) in [7, 11) is 3.02. The maximum atomic E-state index is 12.6. The number of guanidine groups is 4. The van der Waals surface area contributed by atoms with Crippen molar-refractivity contribution in [3.05, 3.63) is 0 Å². The smallest absolute Gasteiger partial charge is 0.188 e. The minimum atomic E-state index is -2.37. The van der Waals surface area contributed by atoms with E-state index in [2.05, 4.69) is 41.2 Å². The molecular formula is C47H92N16O20. The Morgan fingerprint density at radius 1 is 0.566 bits per heavy atom. The molecule has 3 aliphatic carbocycles. The molecule has 33 N–H and O–H groups in total. The second kappa shape index (κ2) is 29.2. The van der Waals surface area contributed by atoms with Gasteiger partial charge in [-0.05, 0) is 60.3 Å². The highest BCUT2D eigenvalue weighted by atomic mass is 16.8. The second-order valence-corrected chi connectivity index (χ2v) is 22.2. The molecule has 0 aromatic heterocycles. The van der Waals surface area contributed by atoms with Crippen molar-refractivity contribution in [1.82, 2.24) is 21.3 Å². The highest BCUT2D eigenvalue weighted by molar-refractivity contribution is 5.78. The molecule has 6 fully saturated rings. The Kier molecular flexibility index (Phi) is 24.0. The number of hydrogen-bond donors (Lipinski definition) is 25. The van der Waals surface area contributed by atoms with Crippen LogP contribution in [0.3, 0.4) is 0 Å². The summed E-state index contributed by atoms with van der Waals surface area (Å²) in [6.45, 7) is 2.75. The van der Waals surface area contributed by atoms with Crippen LogP contribution in [0.15, 0.2) is 20.0 Å². The number of unbranched alkanes of at least 4 members (excludes halogenated alkanes) is 1. The summed E-state index contributed by atoms with van der Waals surface area (Å²) in [5.74, 6) is -3.47. The van der Waals surface area contributed by atoms with Gasteiger partial charge in [0.2, 0.25) is 0 Å². The monoisotopic (exact) mass is 1200 g/mol. The molecule has 0 radical (unpaired) electrons. The number of nitrogens with one attached hydrogen (secondary N) is 4. The molecule has 0 spiro atoms. The van der Waals surface area contributed by atoms with Crippen molar-refractivity contribution in [3.8, 4) is 0 Å². The first kappa shape index (κ1) is 68.2. The standard InChI is InChI=1S/C47H92N16O20/c1-15-18(35(79-19-9-17(12-64)26(66)30(70)22(19)56-3)40(77-15)80-20-10-47(76,63-45(54)55)37(62-44(52)53)34(74)27(20)67)11-58-7-5-6-8-59-14-46(75)16(2)78-41(38(46)83-39-25(57-4)32(72)28(68)21(13-65)81-39)82-36-24(61-43(50)51)29(69)23(60-42(48)49)31(71)33(36)73/h15-41,56-59,64-76H,5-14H2,1-4H3,(H4,48,49,60)(H4,50,51,61)(H4,52,53,62)(H4,54,55,63)/t15-,16-,17?,18+,19-,20+,21?,22?,23?,24+,25?,26+,27?,28+,29?,30-,31-,32-,33?,34+,35?,36+,37?,38?,39+,40+,41+,46+,47?/m1/s1. The molecule has 29 atom stereocenters. The molecule has 36 heteroatoms. The van der Waals surface area contributed by atoms with Gasteiger partial charge in [0, 0.05) is 38.0 Å². The van der Waals surface area contributed by atoms with E-state index >= 15 is 0 Å². The summed E-state index contributed by atoms with van der Waals surface area (Å²) >= 11 is 0. The fourth-order valence-electron chi connectivity index (χ4n) is 12.0. The summed E-state index contributed by atoms with van der Waals surface area (Å²) in [5.41, 5.74) is 40.6. The number of nitrogens with two attached hydrogens (primary N) is 8. The van der Waals surface area contributed by atoms with E-state index < -0.39 is 219 Å². The molecule has 3 aliphatic heterocycles. The van der Waals surface area contributed by atoms with Crippen LogP contribution in [-0.2, 0) is 33.2 Å². The lowest BCUT2D eigenvalue weighted by Crippen LogP contribution is -2.67. The Labute approximate surface area is 478 Å². The zero-order valence-corrected chi connectivity index (χ0v) is 46.7. The van der Waals surface area contributed by atoms with Gasteiger partial charge in [0.1, 0.15) is 90.9 Å². The van der Waals surface area contributed by atoms with Crippen LogP contribution in [-0.4, -0.2) is 308 Å². The van der Waals surface area contributed by atoms with Crippen LogP contribution in [0.4, 0.5) is 0 Å². The summed E-state index contributed by atoms with van der Waals surface area (Å²) < 4.78 is 44.1.